The van der Waals surface area contributed by atoms with Gasteiger partial charge in [-0.05, 0) is 48.6 Å². The minimum atomic E-state index is -0.572. The van der Waals surface area contributed by atoms with Gasteiger partial charge in [0.05, 0.1) is 30.5 Å². The minimum Gasteiger partial charge on any atom is -0.481 e. The first-order valence-corrected chi connectivity index (χ1v) is 13.3. The van der Waals surface area contributed by atoms with Crippen molar-refractivity contribution >= 4 is 29.2 Å². The largest absolute Gasteiger partial charge is 0.481 e. The summed E-state index contributed by atoms with van der Waals surface area (Å²) in [5.41, 5.74) is 5.33. The zero-order valence-electron chi connectivity index (χ0n) is 22.4. The number of methoxy groups -OCH3 is 1. The lowest BCUT2D eigenvalue weighted by molar-refractivity contribution is 0.0802. The summed E-state index contributed by atoms with van der Waals surface area (Å²) in [6.45, 7) is 3.99. The molecule has 0 fully saturated rings. The summed E-state index contributed by atoms with van der Waals surface area (Å²) in [5.74, 6) is 0.312. The van der Waals surface area contributed by atoms with E-state index < -0.39 is 6.10 Å². The van der Waals surface area contributed by atoms with Crippen LogP contribution in [0.4, 0.5) is 0 Å². The lowest BCUT2D eigenvalue weighted by atomic mass is 9.97. The first-order valence-electron chi connectivity index (χ1n) is 13.3. The Morgan fingerprint density at radius 1 is 1.08 bits per heavy atom. The molecule has 0 saturated heterocycles. The fourth-order valence-corrected chi connectivity index (χ4v) is 4.68. The molecule has 198 valence electrons. The summed E-state index contributed by atoms with van der Waals surface area (Å²) in [6, 6.07) is 9.47. The number of carbonyl (C=O) groups excluding carboxylic acids is 1. The summed E-state index contributed by atoms with van der Waals surface area (Å²) in [6.07, 6.45) is 15.4. The molecule has 2 aliphatic rings. The van der Waals surface area contributed by atoms with E-state index in [1.165, 1.54) is 5.57 Å². The summed E-state index contributed by atoms with van der Waals surface area (Å²) in [7, 11) is 1.61. The molecule has 0 aliphatic carbocycles. The number of amides is 1. The third kappa shape index (κ3) is 6.72. The normalized spacial score (nSPS) is 16.9. The van der Waals surface area contributed by atoms with Gasteiger partial charge in [-0.15, -0.1) is 0 Å². The highest BCUT2D eigenvalue weighted by Crippen LogP contribution is 2.25. The highest BCUT2D eigenvalue weighted by molar-refractivity contribution is 5.96. The van der Waals surface area contributed by atoms with Gasteiger partial charge in [0.15, 0.2) is 0 Å². The average Bonchev–Trinajstić information content (AvgIpc) is 3.32. The number of aliphatic imine (C=N–C) groups is 2. The molecule has 2 aromatic rings. The van der Waals surface area contributed by atoms with Gasteiger partial charge in [-0.25, -0.2) is 9.98 Å². The molecule has 0 saturated carbocycles. The lowest BCUT2D eigenvalue weighted by Crippen LogP contribution is -2.43. The number of benzene rings is 1. The zero-order valence-corrected chi connectivity index (χ0v) is 22.4. The molecule has 38 heavy (non-hydrogen) atoms. The quantitative estimate of drug-likeness (QED) is 0.432. The highest BCUT2D eigenvalue weighted by Gasteiger charge is 2.21. The number of aromatic nitrogens is 1. The third-order valence-electron chi connectivity index (χ3n) is 6.81. The summed E-state index contributed by atoms with van der Waals surface area (Å²) >= 11 is 0. The molecule has 2 N–H and O–H groups in total. The number of pyridine rings is 1. The van der Waals surface area contributed by atoms with Crippen LogP contribution in [0.1, 0.15) is 62.0 Å². The van der Waals surface area contributed by atoms with Gasteiger partial charge in [0.1, 0.15) is 5.69 Å². The second kappa shape index (κ2) is 13.1. The van der Waals surface area contributed by atoms with E-state index in [-0.39, 0.29) is 11.9 Å². The Morgan fingerprint density at radius 3 is 2.68 bits per heavy atom. The number of para-hydroxylation sites is 1. The second-order valence-electron chi connectivity index (χ2n) is 9.51. The van der Waals surface area contributed by atoms with Crippen LogP contribution >= 0.6 is 0 Å². The maximum absolute atomic E-state index is 13.2. The molecular weight excluding hydrogens is 476 g/mol. The Bertz CT molecular complexity index is 1350. The molecule has 7 heteroatoms. The molecule has 0 spiro atoms. The standard InChI is InChI=1S/C31H36N4O3/c1-4-8-29(36)25(5-2)35-31(37)28-20-23(24-9-6-7-10-27(24)34-28)19-21-11-13-26(32-17-15-21)22-12-14-30(38-3)33-18-16-22/h6-7,9-14,17-18,20,25,29,36H,4-5,8,15-16,19H2,1-3H3,(H,35,37). The Hall–Kier alpha value is -3.84. The number of aliphatic hydroxyl groups excluding tert-OH is 1. The lowest BCUT2D eigenvalue weighted by Gasteiger charge is -2.22. The van der Waals surface area contributed by atoms with Crippen molar-refractivity contribution in [1.29, 1.82) is 0 Å². The Kier molecular flexibility index (Phi) is 9.38. The van der Waals surface area contributed by atoms with Gasteiger partial charge in [0.25, 0.3) is 5.91 Å². The molecule has 0 radical (unpaired) electrons. The number of carbonyl (C=O) groups is 1. The number of rotatable bonds is 10. The first kappa shape index (κ1) is 27.2. The Morgan fingerprint density at radius 2 is 1.89 bits per heavy atom. The summed E-state index contributed by atoms with van der Waals surface area (Å²) in [5, 5.41) is 14.5. The van der Waals surface area contributed by atoms with Crippen molar-refractivity contribution < 1.29 is 14.6 Å². The maximum Gasteiger partial charge on any atom is 0.270 e. The van der Waals surface area contributed by atoms with Gasteiger partial charge < -0.3 is 15.2 Å². The van der Waals surface area contributed by atoms with E-state index in [1.807, 2.05) is 74.8 Å². The van der Waals surface area contributed by atoms with Crippen molar-refractivity contribution in [3.63, 3.8) is 0 Å². The van der Waals surface area contributed by atoms with Crippen LogP contribution in [-0.4, -0.2) is 47.7 Å². The van der Waals surface area contributed by atoms with Gasteiger partial charge in [-0.3, -0.25) is 9.79 Å². The van der Waals surface area contributed by atoms with Gasteiger partial charge >= 0.3 is 0 Å². The summed E-state index contributed by atoms with van der Waals surface area (Å²) < 4.78 is 5.23. The monoisotopic (exact) mass is 512 g/mol. The van der Waals surface area contributed by atoms with Crippen LogP contribution in [0.3, 0.4) is 0 Å². The Balaban J connectivity index is 1.60. The van der Waals surface area contributed by atoms with Gasteiger partial charge in [0.2, 0.25) is 5.88 Å². The van der Waals surface area contributed by atoms with E-state index in [9.17, 15) is 9.90 Å². The fourth-order valence-electron chi connectivity index (χ4n) is 4.68. The van der Waals surface area contributed by atoms with E-state index in [0.717, 1.165) is 34.2 Å². The predicted octanol–water partition coefficient (Wildman–Crippen LogP) is 5.62. The van der Waals surface area contributed by atoms with Crippen LogP contribution in [0.25, 0.3) is 10.9 Å². The van der Waals surface area contributed by atoms with Crippen molar-refractivity contribution in [2.45, 2.75) is 64.5 Å². The number of hydrogen-bond donors (Lipinski definition) is 2. The molecule has 0 bridgehead atoms. The molecule has 1 aromatic carbocycles. The number of nitrogens with one attached hydrogen (secondary N) is 1. The van der Waals surface area contributed by atoms with E-state index >= 15 is 0 Å². The number of allylic oxidation sites excluding steroid dienone is 6. The summed E-state index contributed by atoms with van der Waals surface area (Å²) in [4.78, 5) is 26.8. The van der Waals surface area contributed by atoms with Crippen molar-refractivity contribution in [1.82, 2.24) is 10.3 Å². The number of hydrogen-bond acceptors (Lipinski definition) is 6. The number of ether oxygens (including phenoxy) is 1. The van der Waals surface area contributed by atoms with Crippen LogP contribution in [0.2, 0.25) is 0 Å². The molecule has 2 aliphatic heterocycles. The molecular formula is C31H36N4O3. The molecule has 4 rings (SSSR count). The number of fused-ring (bicyclic) bond motifs is 1. The zero-order chi connectivity index (χ0) is 26.9. The van der Waals surface area contributed by atoms with Gasteiger partial charge in [-0.2, -0.15) is 0 Å². The number of nitrogens with zero attached hydrogens (tertiary/aromatic N) is 3. The first-order chi connectivity index (χ1) is 18.5. The van der Waals surface area contributed by atoms with Crippen molar-refractivity contribution in [2.75, 3.05) is 7.11 Å². The van der Waals surface area contributed by atoms with E-state index in [2.05, 4.69) is 21.4 Å². The molecule has 7 nitrogen and oxygen atoms in total. The molecule has 3 heterocycles. The van der Waals surface area contributed by atoms with E-state index in [1.54, 1.807) is 7.11 Å². The third-order valence-corrected chi connectivity index (χ3v) is 6.81. The maximum atomic E-state index is 13.2. The van der Waals surface area contributed by atoms with Crippen molar-refractivity contribution in [3.05, 3.63) is 88.6 Å². The van der Waals surface area contributed by atoms with Crippen LogP contribution in [0.15, 0.2) is 87.3 Å². The van der Waals surface area contributed by atoms with Crippen molar-refractivity contribution in [3.8, 4) is 0 Å². The highest BCUT2D eigenvalue weighted by atomic mass is 16.5. The van der Waals surface area contributed by atoms with Crippen LogP contribution < -0.4 is 5.32 Å². The average molecular weight is 513 g/mol. The SMILES string of the molecule is CCCC(O)C(CC)NC(=O)c1cc(CC2=CC=C(C3=CC=C(OC)N=CC3)N=CC2)c2ccccc2n1. The van der Waals surface area contributed by atoms with Crippen LogP contribution in [0, 0.1) is 0 Å². The number of aliphatic hydroxyl groups is 1. The minimum absolute atomic E-state index is 0.261. The van der Waals surface area contributed by atoms with Crippen LogP contribution in [0.5, 0.6) is 0 Å². The van der Waals surface area contributed by atoms with Crippen LogP contribution in [-0.2, 0) is 11.2 Å². The second-order valence-corrected chi connectivity index (χ2v) is 9.51. The fraction of sp³-hybridized carbons (Fsp3) is 0.355. The topological polar surface area (TPSA) is 96.2 Å². The molecule has 1 amide bonds. The van der Waals surface area contributed by atoms with E-state index in [4.69, 9.17) is 9.73 Å². The molecule has 1 aromatic heterocycles. The van der Waals surface area contributed by atoms with Crippen molar-refractivity contribution in [2.24, 2.45) is 9.98 Å². The smallest absolute Gasteiger partial charge is 0.270 e. The van der Waals surface area contributed by atoms with Gasteiger partial charge in [-0.1, -0.05) is 56.2 Å². The van der Waals surface area contributed by atoms with Gasteiger partial charge in [0, 0.05) is 36.7 Å². The van der Waals surface area contributed by atoms with E-state index in [0.29, 0.717) is 43.7 Å². The molecule has 2 atom stereocenters. The molecule has 2 unspecified atom stereocenters. The Labute approximate surface area is 224 Å². The predicted molar refractivity (Wildman–Crippen MR) is 153 cm³/mol.